The van der Waals surface area contributed by atoms with Crippen molar-refractivity contribution in [3.05, 3.63) is 27.1 Å². The normalized spacial score (nSPS) is 20.0. The first-order chi connectivity index (χ1) is 12.0. The molecule has 0 saturated carbocycles. The van der Waals surface area contributed by atoms with Gasteiger partial charge in [-0.3, -0.25) is 14.4 Å². The van der Waals surface area contributed by atoms with Gasteiger partial charge in [0.15, 0.2) is 0 Å². The maximum atomic E-state index is 14.6. The Kier molecular flexibility index (Phi) is 7.95. The Labute approximate surface area is 160 Å². The number of anilines is 1. The number of halogens is 2. The zero-order valence-electron chi connectivity index (χ0n) is 15.4. The molecular formula is C17H25BrFN3O4. The summed E-state index contributed by atoms with van der Waals surface area (Å²) in [6.45, 7) is 6.20. The number of ether oxygens (including phenoxy) is 1. The Morgan fingerprint density at radius 2 is 2.12 bits per heavy atom. The first-order valence-electron chi connectivity index (χ1n) is 8.14. The first kappa shape index (κ1) is 22.3. The number of hydrogen-bond acceptors (Lipinski definition) is 4. The number of piperidine rings is 1. The van der Waals surface area contributed by atoms with E-state index in [0.29, 0.717) is 23.8 Å². The van der Waals surface area contributed by atoms with Crippen LogP contribution < -0.4 is 10.9 Å². The summed E-state index contributed by atoms with van der Waals surface area (Å²) in [5.74, 6) is -0.910. The minimum atomic E-state index is -2.17. The summed E-state index contributed by atoms with van der Waals surface area (Å²) in [5.41, 5.74) is -2.69. The third-order valence-electron chi connectivity index (χ3n) is 3.76. The lowest BCUT2D eigenvalue weighted by molar-refractivity contribution is -0.134. The molecule has 2 amide bonds. The highest BCUT2D eigenvalue weighted by molar-refractivity contribution is 9.10. The van der Waals surface area contributed by atoms with Gasteiger partial charge in [-0.15, -0.1) is 0 Å². The molecule has 0 bridgehead atoms. The lowest BCUT2D eigenvalue weighted by Gasteiger charge is -2.33. The number of aromatic amines is 1. The van der Waals surface area contributed by atoms with Crippen molar-refractivity contribution in [1.82, 2.24) is 9.88 Å². The number of aromatic nitrogens is 1. The maximum absolute atomic E-state index is 14.6. The first-order valence-corrected chi connectivity index (χ1v) is 8.93. The number of H-pyrrole nitrogens is 1. The summed E-state index contributed by atoms with van der Waals surface area (Å²) >= 11 is 3.15. The van der Waals surface area contributed by atoms with Gasteiger partial charge in [-0.1, -0.05) is 0 Å². The fraction of sp³-hybridized carbons (Fsp3) is 0.588. The predicted molar refractivity (Wildman–Crippen MR) is 101 cm³/mol. The summed E-state index contributed by atoms with van der Waals surface area (Å²) < 4.78 is 20.1. The van der Waals surface area contributed by atoms with Crippen LogP contribution in [0.2, 0.25) is 0 Å². The molecule has 1 aromatic heterocycles. The zero-order chi connectivity index (χ0) is 20.0. The molecule has 1 unspecified atom stereocenters. The van der Waals surface area contributed by atoms with E-state index in [0.717, 1.165) is 0 Å². The summed E-state index contributed by atoms with van der Waals surface area (Å²) in [6.07, 6.45) is 2.36. The molecule has 1 aromatic rings. The molecule has 1 aliphatic rings. The van der Waals surface area contributed by atoms with E-state index in [4.69, 9.17) is 4.74 Å². The largest absolute Gasteiger partial charge is 0.379 e. The van der Waals surface area contributed by atoms with Gasteiger partial charge in [0, 0.05) is 24.3 Å². The predicted octanol–water partition coefficient (Wildman–Crippen LogP) is 2.47. The molecule has 1 fully saturated rings. The van der Waals surface area contributed by atoms with Crippen LogP contribution in [0.15, 0.2) is 21.5 Å². The van der Waals surface area contributed by atoms with Crippen LogP contribution in [0.25, 0.3) is 0 Å². The summed E-state index contributed by atoms with van der Waals surface area (Å²) in [4.78, 5) is 37.9. The van der Waals surface area contributed by atoms with Crippen molar-refractivity contribution in [2.45, 2.75) is 44.9 Å². The van der Waals surface area contributed by atoms with Crippen LogP contribution in [-0.2, 0) is 14.3 Å². The highest BCUT2D eigenvalue weighted by Gasteiger charge is 2.42. The van der Waals surface area contributed by atoms with Gasteiger partial charge in [0.05, 0.1) is 12.1 Å². The van der Waals surface area contributed by atoms with E-state index in [2.05, 4.69) is 26.2 Å². The average molecular weight is 434 g/mol. The van der Waals surface area contributed by atoms with Gasteiger partial charge in [-0.2, -0.15) is 0 Å². The molecule has 2 N–H and O–H groups in total. The number of pyridine rings is 1. The van der Waals surface area contributed by atoms with Crippen molar-refractivity contribution in [3.8, 4) is 0 Å². The number of hydrogen-bond donors (Lipinski definition) is 2. The van der Waals surface area contributed by atoms with Gasteiger partial charge in [-0.25, -0.2) is 4.39 Å². The number of nitrogens with zero attached hydrogens (tertiary/aromatic N) is 1. The van der Waals surface area contributed by atoms with Crippen LogP contribution in [0.3, 0.4) is 0 Å². The van der Waals surface area contributed by atoms with Gasteiger partial charge in [0.1, 0.15) is 5.69 Å². The Bertz CT molecular complexity index is 689. The van der Waals surface area contributed by atoms with Crippen molar-refractivity contribution in [1.29, 1.82) is 0 Å². The van der Waals surface area contributed by atoms with Crippen LogP contribution in [0.4, 0.5) is 10.1 Å². The van der Waals surface area contributed by atoms with Crippen LogP contribution in [0, 0.1) is 0 Å². The molecule has 0 aliphatic carbocycles. The summed E-state index contributed by atoms with van der Waals surface area (Å²) in [6, 6.07) is 1.39. The second kappa shape index (κ2) is 9.27. The minimum absolute atomic E-state index is 0.0229. The smallest absolute Gasteiger partial charge is 0.271 e. The molecule has 0 aromatic carbocycles. The number of carbonyl (C=O) groups excluding carboxylic acids is 2. The lowest BCUT2D eigenvalue weighted by atomic mass is 9.94. The maximum Gasteiger partial charge on any atom is 0.271 e. The number of rotatable bonds is 3. The third kappa shape index (κ3) is 6.87. The fourth-order valence-electron chi connectivity index (χ4n) is 2.10. The molecule has 1 atom stereocenters. The average Bonchev–Trinajstić information content (AvgIpc) is 2.58. The molecule has 26 heavy (non-hydrogen) atoms. The molecule has 0 spiro atoms. The molecule has 7 nitrogen and oxygen atoms in total. The van der Waals surface area contributed by atoms with Crippen molar-refractivity contribution in [3.63, 3.8) is 0 Å². The number of alkyl halides is 1. The van der Waals surface area contributed by atoms with Crippen LogP contribution >= 0.6 is 15.9 Å². The minimum Gasteiger partial charge on any atom is -0.379 e. The Morgan fingerprint density at radius 3 is 2.65 bits per heavy atom. The van der Waals surface area contributed by atoms with Crippen molar-refractivity contribution < 1.29 is 18.7 Å². The monoisotopic (exact) mass is 433 g/mol. The van der Waals surface area contributed by atoms with E-state index in [1.807, 2.05) is 20.8 Å². The summed E-state index contributed by atoms with van der Waals surface area (Å²) in [7, 11) is 1.71. The van der Waals surface area contributed by atoms with E-state index >= 15 is 0 Å². The standard InChI is InChI=1S/C12H13BrFN3O3.C5H12O/c13-8-4-9(10(19)15-5-8)16-11(20)12(14)2-1-3-17(6-12)7-18;1-5(2,3)6-4/h4-5,7H,1-3,6H2,(H,15,19)(H,16,20);1-4H3. The number of amides is 2. The van der Waals surface area contributed by atoms with Gasteiger partial charge >= 0.3 is 0 Å². The van der Waals surface area contributed by atoms with Gasteiger partial charge in [0.25, 0.3) is 11.5 Å². The van der Waals surface area contributed by atoms with Gasteiger partial charge in [0.2, 0.25) is 12.1 Å². The Morgan fingerprint density at radius 1 is 1.50 bits per heavy atom. The van der Waals surface area contributed by atoms with E-state index in [9.17, 15) is 18.8 Å². The second-order valence-corrected chi connectivity index (χ2v) is 7.89. The topological polar surface area (TPSA) is 91.5 Å². The van der Waals surface area contributed by atoms with E-state index < -0.39 is 17.1 Å². The third-order valence-corrected chi connectivity index (χ3v) is 4.21. The quantitative estimate of drug-likeness (QED) is 0.716. The Hall–Kier alpha value is -1.74. The fourth-order valence-corrected chi connectivity index (χ4v) is 2.45. The van der Waals surface area contributed by atoms with E-state index in [1.54, 1.807) is 7.11 Å². The SMILES string of the molecule is COC(C)(C)C.O=CN1CCCC(F)(C(=O)Nc2cc(Br)c[nH]c2=O)C1. The van der Waals surface area contributed by atoms with Gasteiger partial charge in [-0.05, 0) is 55.6 Å². The van der Waals surface area contributed by atoms with Gasteiger partial charge < -0.3 is 19.9 Å². The molecule has 1 saturated heterocycles. The van der Waals surface area contributed by atoms with Crippen molar-refractivity contribution in [2.24, 2.45) is 0 Å². The molecule has 0 radical (unpaired) electrons. The lowest BCUT2D eigenvalue weighted by Crippen LogP contribution is -2.52. The molecule has 2 heterocycles. The van der Waals surface area contributed by atoms with Crippen LogP contribution in [0.5, 0.6) is 0 Å². The van der Waals surface area contributed by atoms with Crippen molar-refractivity contribution >= 4 is 33.9 Å². The molecule has 9 heteroatoms. The van der Waals surface area contributed by atoms with E-state index in [-0.39, 0.29) is 24.3 Å². The number of methoxy groups -OCH3 is 1. The molecule has 1 aliphatic heterocycles. The summed E-state index contributed by atoms with van der Waals surface area (Å²) in [5, 5.41) is 2.28. The van der Waals surface area contributed by atoms with Crippen LogP contribution in [-0.4, -0.2) is 53.7 Å². The number of carbonyl (C=O) groups is 2. The Balaban J connectivity index is 0.000000487. The highest BCUT2D eigenvalue weighted by atomic mass is 79.9. The highest BCUT2D eigenvalue weighted by Crippen LogP contribution is 2.26. The number of likely N-dealkylation sites (tertiary alicyclic amines) is 1. The molecular weight excluding hydrogens is 409 g/mol. The number of nitrogens with one attached hydrogen (secondary N) is 2. The van der Waals surface area contributed by atoms with E-state index in [1.165, 1.54) is 17.2 Å². The zero-order valence-corrected chi connectivity index (χ0v) is 17.0. The van der Waals surface area contributed by atoms with Crippen LogP contribution in [0.1, 0.15) is 33.6 Å². The molecule has 146 valence electrons. The second-order valence-electron chi connectivity index (χ2n) is 6.98. The van der Waals surface area contributed by atoms with Crippen molar-refractivity contribution in [2.75, 3.05) is 25.5 Å². The molecule has 2 rings (SSSR count).